The predicted octanol–water partition coefficient (Wildman–Crippen LogP) is 3.03. The molecule has 0 N–H and O–H groups in total. The third-order valence-electron chi connectivity index (χ3n) is 3.17. The highest BCUT2D eigenvalue weighted by Gasteiger charge is 2.23. The number of nitrogens with zero attached hydrogens (tertiary/aromatic N) is 1. The van der Waals surface area contributed by atoms with Crippen molar-refractivity contribution in [1.29, 1.82) is 0 Å². The van der Waals surface area contributed by atoms with E-state index in [1.165, 1.54) is 16.9 Å². The Morgan fingerprint density at radius 2 is 2.33 bits per heavy atom. The molecule has 4 heteroatoms. The molecule has 0 aliphatic carbocycles. The lowest BCUT2D eigenvalue weighted by atomic mass is 9.94. The van der Waals surface area contributed by atoms with E-state index in [2.05, 4.69) is 17.1 Å². The van der Waals surface area contributed by atoms with Gasteiger partial charge >= 0.3 is 0 Å². The number of hydrogen-bond acceptors (Lipinski definition) is 4. The third-order valence-corrected chi connectivity index (χ3v) is 3.98. The molecule has 18 heavy (non-hydrogen) atoms. The summed E-state index contributed by atoms with van der Waals surface area (Å²) in [5, 5.41) is 0. The first kappa shape index (κ1) is 11.6. The second kappa shape index (κ2) is 5.00. The van der Waals surface area contributed by atoms with Gasteiger partial charge in [-0.05, 0) is 17.5 Å². The van der Waals surface area contributed by atoms with E-state index in [0.717, 1.165) is 12.0 Å². The molecule has 2 aromatic rings. The molecular formula is C14H13NO2S. The van der Waals surface area contributed by atoms with E-state index in [-0.39, 0.29) is 11.9 Å². The molecule has 1 aromatic carbocycles. The van der Waals surface area contributed by atoms with E-state index < -0.39 is 0 Å². The van der Waals surface area contributed by atoms with Crippen molar-refractivity contribution in [3.63, 3.8) is 0 Å². The van der Waals surface area contributed by atoms with Crippen LogP contribution in [-0.2, 0) is 11.2 Å². The highest BCUT2D eigenvalue weighted by molar-refractivity contribution is 7.11. The van der Waals surface area contributed by atoms with E-state index in [4.69, 9.17) is 4.74 Å². The molecule has 1 aliphatic heterocycles. The number of hydrogen-bond donors (Lipinski definition) is 0. The van der Waals surface area contributed by atoms with Gasteiger partial charge in [-0.2, -0.15) is 0 Å². The molecule has 0 amide bonds. The van der Waals surface area contributed by atoms with Crippen molar-refractivity contribution in [3.8, 4) is 0 Å². The van der Waals surface area contributed by atoms with Gasteiger partial charge in [0.1, 0.15) is 0 Å². The van der Waals surface area contributed by atoms with Crippen LogP contribution in [0.3, 0.4) is 0 Å². The van der Waals surface area contributed by atoms with Crippen LogP contribution < -0.4 is 0 Å². The Morgan fingerprint density at radius 3 is 3.17 bits per heavy atom. The van der Waals surface area contributed by atoms with Crippen molar-refractivity contribution < 1.29 is 9.53 Å². The maximum Gasteiger partial charge on any atom is 0.177 e. The summed E-state index contributed by atoms with van der Waals surface area (Å²) < 4.78 is 5.74. The molecule has 0 fully saturated rings. The Hall–Kier alpha value is -1.52. The fraction of sp³-hybridized carbons (Fsp3) is 0.286. The highest BCUT2D eigenvalue weighted by Crippen LogP contribution is 2.30. The zero-order valence-corrected chi connectivity index (χ0v) is 10.7. The molecule has 1 unspecified atom stereocenters. The number of ether oxygens (including phenoxy) is 1. The summed E-state index contributed by atoms with van der Waals surface area (Å²) in [6, 6.07) is 8.20. The number of ketones is 1. The zero-order chi connectivity index (χ0) is 12.4. The molecule has 0 saturated carbocycles. The van der Waals surface area contributed by atoms with Crippen molar-refractivity contribution >= 4 is 17.1 Å². The Kier molecular flexibility index (Phi) is 3.21. The summed E-state index contributed by atoms with van der Waals surface area (Å²) >= 11 is 1.38. The number of thiazole rings is 1. The van der Waals surface area contributed by atoms with Crippen molar-refractivity contribution in [3.05, 3.63) is 52.0 Å². The van der Waals surface area contributed by atoms with Crippen LogP contribution in [0.1, 0.15) is 33.3 Å². The summed E-state index contributed by atoms with van der Waals surface area (Å²) in [5.41, 5.74) is 4.13. The van der Waals surface area contributed by atoms with Gasteiger partial charge in [0, 0.05) is 12.6 Å². The minimum Gasteiger partial charge on any atom is -0.373 e. The van der Waals surface area contributed by atoms with Crippen molar-refractivity contribution in [1.82, 2.24) is 4.98 Å². The zero-order valence-electron chi connectivity index (χ0n) is 9.83. The number of benzene rings is 1. The van der Waals surface area contributed by atoms with Crippen LogP contribution in [0.5, 0.6) is 0 Å². The standard InChI is InChI=1S/C14H13NO2S/c16-12(14-8-15-9-18-14)7-13-11-4-2-1-3-10(11)5-6-17-13/h1-4,8-9,13H,5-7H2. The van der Waals surface area contributed by atoms with Crippen LogP contribution in [0, 0.1) is 0 Å². The number of fused-ring (bicyclic) bond motifs is 1. The Labute approximate surface area is 109 Å². The van der Waals surface area contributed by atoms with Gasteiger partial charge in [0.2, 0.25) is 0 Å². The first-order valence-corrected chi connectivity index (χ1v) is 6.83. The lowest BCUT2D eigenvalue weighted by Gasteiger charge is -2.25. The molecule has 1 atom stereocenters. The van der Waals surface area contributed by atoms with Gasteiger partial charge in [-0.25, -0.2) is 0 Å². The van der Waals surface area contributed by atoms with Crippen molar-refractivity contribution in [2.24, 2.45) is 0 Å². The third kappa shape index (κ3) is 2.21. The molecule has 0 saturated heterocycles. The minimum absolute atomic E-state index is 0.107. The van der Waals surface area contributed by atoms with Crippen molar-refractivity contribution in [2.75, 3.05) is 6.61 Å². The maximum atomic E-state index is 12.1. The Bertz CT molecular complexity index is 551. The number of Topliss-reactive ketones (excluding diaryl/α,β-unsaturated/α-hetero) is 1. The summed E-state index contributed by atoms with van der Waals surface area (Å²) in [6.45, 7) is 0.692. The molecule has 1 aromatic heterocycles. The van der Waals surface area contributed by atoms with Gasteiger partial charge in [-0.1, -0.05) is 24.3 Å². The van der Waals surface area contributed by atoms with Gasteiger partial charge in [0.05, 0.1) is 23.1 Å². The van der Waals surface area contributed by atoms with Gasteiger partial charge in [-0.3, -0.25) is 9.78 Å². The van der Waals surface area contributed by atoms with E-state index >= 15 is 0 Å². The fourth-order valence-electron chi connectivity index (χ4n) is 2.27. The second-order valence-corrected chi connectivity index (χ2v) is 5.19. The van der Waals surface area contributed by atoms with Crippen LogP contribution in [0.25, 0.3) is 0 Å². The van der Waals surface area contributed by atoms with E-state index in [9.17, 15) is 4.79 Å². The number of carbonyl (C=O) groups excluding carboxylic acids is 1. The quantitative estimate of drug-likeness (QED) is 0.795. The summed E-state index contributed by atoms with van der Waals surface area (Å²) in [6.07, 6.45) is 2.85. The minimum atomic E-state index is -0.107. The molecule has 92 valence electrons. The number of aromatic nitrogens is 1. The highest BCUT2D eigenvalue weighted by atomic mass is 32.1. The fourth-order valence-corrected chi connectivity index (χ4v) is 2.84. The molecule has 3 nitrogen and oxygen atoms in total. The molecule has 3 rings (SSSR count). The van der Waals surface area contributed by atoms with E-state index in [1.54, 1.807) is 11.7 Å². The van der Waals surface area contributed by atoms with Crippen LogP contribution >= 0.6 is 11.3 Å². The van der Waals surface area contributed by atoms with Crippen molar-refractivity contribution in [2.45, 2.75) is 18.9 Å². The predicted molar refractivity (Wildman–Crippen MR) is 69.9 cm³/mol. The van der Waals surface area contributed by atoms with Gasteiger partial charge < -0.3 is 4.74 Å². The average molecular weight is 259 g/mol. The second-order valence-electron chi connectivity index (χ2n) is 4.30. The largest absolute Gasteiger partial charge is 0.373 e. The SMILES string of the molecule is O=C(CC1OCCc2ccccc21)c1cncs1. The van der Waals surface area contributed by atoms with Crippen LogP contribution in [0.15, 0.2) is 36.0 Å². The Balaban J connectivity index is 1.80. The van der Waals surface area contributed by atoms with Crippen LogP contribution in [0.4, 0.5) is 0 Å². The van der Waals surface area contributed by atoms with Gasteiger partial charge in [0.25, 0.3) is 0 Å². The Morgan fingerprint density at radius 1 is 1.44 bits per heavy atom. The average Bonchev–Trinajstić information content (AvgIpc) is 2.93. The summed E-state index contributed by atoms with van der Waals surface area (Å²) in [4.78, 5) is 16.7. The molecule has 0 bridgehead atoms. The molecule has 0 radical (unpaired) electrons. The van der Waals surface area contributed by atoms with Gasteiger partial charge in [-0.15, -0.1) is 11.3 Å². The maximum absolute atomic E-state index is 12.1. The summed E-state index contributed by atoms with van der Waals surface area (Å²) in [5.74, 6) is 0.110. The monoisotopic (exact) mass is 259 g/mol. The van der Waals surface area contributed by atoms with E-state index in [1.807, 2.05) is 12.1 Å². The van der Waals surface area contributed by atoms with Crippen LogP contribution in [0.2, 0.25) is 0 Å². The molecular weight excluding hydrogens is 246 g/mol. The number of rotatable bonds is 3. The molecule has 1 aliphatic rings. The van der Waals surface area contributed by atoms with Gasteiger partial charge in [0.15, 0.2) is 5.78 Å². The first-order valence-electron chi connectivity index (χ1n) is 5.95. The summed E-state index contributed by atoms with van der Waals surface area (Å²) in [7, 11) is 0. The number of carbonyl (C=O) groups is 1. The van der Waals surface area contributed by atoms with E-state index in [0.29, 0.717) is 17.9 Å². The van der Waals surface area contributed by atoms with Crippen LogP contribution in [-0.4, -0.2) is 17.4 Å². The first-order chi connectivity index (χ1) is 8.84. The topological polar surface area (TPSA) is 39.2 Å². The lowest BCUT2D eigenvalue weighted by molar-refractivity contribution is 0.0353. The molecule has 2 heterocycles. The lowest BCUT2D eigenvalue weighted by Crippen LogP contribution is -2.18. The smallest absolute Gasteiger partial charge is 0.177 e. The normalized spacial score (nSPS) is 18.3. The molecule has 0 spiro atoms.